The quantitative estimate of drug-likeness (QED) is 0.166. The summed E-state index contributed by atoms with van der Waals surface area (Å²) in [6, 6.07) is 27.5. The molecule has 7 rings (SSSR count). The zero-order chi connectivity index (χ0) is 32.8. The van der Waals surface area contributed by atoms with Crippen LogP contribution in [0.4, 0.5) is 8.78 Å². The molecule has 0 amide bonds. The summed E-state index contributed by atoms with van der Waals surface area (Å²) < 4.78 is 46.1. The Morgan fingerprint density at radius 1 is 0.936 bits per heavy atom. The fraction of sp³-hybridized carbons (Fsp3) is 0.378. The Bertz CT molecular complexity index is 1780. The van der Waals surface area contributed by atoms with Gasteiger partial charge in [0, 0.05) is 35.7 Å². The Balaban J connectivity index is 1.23. The first kappa shape index (κ1) is 32.1. The van der Waals surface area contributed by atoms with Crippen LogP contribution in [0.2, 0.25) is 5.04 Å². The SMILES string of the molecule is C[C@@H]1Cc2c([nH]c3ccccc23)[C@@H](c2nc(OC3CNC3)cs2)N1CC(F)(F)CO[Si](c1ccccc1)(c1ccccc1)C(C)(C)C. The number of nitrogens with zero attached hydrogens (tertiary/aromatic N) is 2. The maximum atomic E-state index is 16.6. The van der Waals surface area contributed by atoms with Crippen LogP contribution in [0.1, 0.15) is 50.0 Å². The number of hydrogen-bond donors (Lipinski definition) is 2. The average Bonchev–Trinajstić information content (AvgIpc) is 3.64. The highest BCUT2D eigenvalue weighted by atomic mass is 32.1. The van der Waals surface area contributed by atoms with E-state index in [4.69, 9.17) is 14.1 Å². The molecule has 4 heterocycles. The van der Waals surface area contributed by atoms with Crippen LogP contribution in [0.3, 0.4) is 0 Å². The summed E-state index contributed by atoms with van der Waals surface area (Å²) in [4.78, 5) is 10.4. The van der Waals surface area contributed by atoms with Crippen molar-refractivity contribution in [3.8, 4) is 5.88 Å². The molecule has 10 heteroatoms. The number of aromatic amines is 1. The topological polar surface area (TPSA) is 62.4 Å². The van der Waals surface area contributed by atoms with E-state index in [9.17, 15) is 0 Å². The van der Waals surface area contributed by atoms with Gasteiger partial charge < -0.3 is 19.5 Å². The number of ether oxygens (including phenoxy) is 1. The molecular formula is C37H42F2N4O2SSi. The number of nitrogens with one attached hydrogen (secondary N) is 2. The minimum Gasteiger partial charge on any atom is -0.471 e. The summed E-state index contributed by atoms with van der Waals surface area (Å²) in [5, 5.41) is 8.56. The lowest BCUT2D eigenvalue weighted by Gasteiger charge is -2.45. The van der Waals surface area contributed by atoms with Gasteiger partial charge in [-0.3, -0.25) is 4.90 Å². The van der Waals surface area contributed by atoms with E-state index in [1.54, 1.807) is 0 Å². The highest BCUT2D eigenvalue weighted by molar-refractivity contribution is 7.10. The standard InChI is InChI=1S/C37H42F2N4O2SSi/c1-25-19-30-29-17-11-12-18-31(29)41-33(30)34(35-42-32(22-46-35)45-26-20-40-21-26)43(25)23-37(38,39)24-44-47(36(2,3)4,27-13-7-5-8-14-27)28-15-9-6-10-16-28/h5-18,22,25-26,34,40-41H,19-21,23-24H2,1-4H3/t25-,34+/m1/s1. The summed E-state index contributed by atoms with van der Waals surface area (Å²) in [6.45, 7) is 8.79. The van der Waals surface area contributed by atoms with Crippen molar-refractivity contribution in [1.29, 1.82) is 0 Å². The molecule has 0 unspecified atom stereocenters. The number of H-pyrrole nitrogens is 1. The molecule has 0 bridgehead atoms. The average molecular weight is 673 g/mol. The van der Waals surface area contributed by atoms with Crippen LogP contribution in [-0.2, 0) is 10.8 Å². The van der Waals surface area contributed by atoms with Gasteiger partial charge in [0.25, 0.3) is 14.2 Å². The van der Waals surface area contributed by atoms with Gasteiger partial charge in [0.05, 0.1) is 18.5 Å². The molecule has 6 nitrogen and oxygen atoms in total. The molecule has 2 atom stereocenters. The van der Waals surface area contributed by atoms with E-state index in [1.807, 2.05) is 96.1 Å². The second-order valence-corrected chi connectivity index (χ2v) is 19.1. The third-order valence-corrected chi connectivity index (χ3v) is 15.5. The molecule has 1 saturated heterocycles. The van der Waals surface area contributed by atoms with Crippen molar-refractivity contribution in [1.82, 2.24) is 20.2 Å². The molecule has 1 fully saturated rings. The molecule has 0 aliphatic carbocycles. The third kappa shape index (κ3) is 6.06. The normalized spacial score (nSPS) is 19.4. The Kier molecular flexibility index (Phi) is 8.59. The molecule has 2 aliphatic heterocycles. The second kappa shape index (κ2) is 12.6. The van der Waals surface area contributed by atoms with Gasteiger partial charge in [0.2, 0.25) is 5.88 Å². The molecule has 2 N–H and O–H groups in total. The third-order valence-electron chi connectivity index (χ3n) is 9.61. The number of benzene rings is 3. The van der Waals surface area contributed by atoms with Crippen LogP contribution in [0, 0.1) is 0 Å². The fourth-order valence-corrected chi connectivity index (χ4v) is 12.7. The van der Waals surface area contributed by atoms with Gasteiger partial charge in [-0.15, -0.1) is 11.3 Å². The Labute approximate surface area is 280 Å². The van der Waals surface area contributed by atoms with E-state index in [-0.39, 0.29) is 12.1 Å². The molecule has 2 aromatic heterocycles. The number of aromatic nitrogens is 2. The van der Waals surface area contributed by atoms with Crippen LogP contribution in [-0.4, -0.2) is 67.5 Å². The van der Waals surface area contributed by atoms with Gasteiger partial charge in [-0.1, -0.05) is 99.6 Å². The van der Waals surface area contributed by atoms with Crippen molar-refractivity contribution in [2.45, 2.75) is 63.3 Å². The van der Waals surface area contributed by atoms with E-state index in [0.29, 0.717) is 12.3 Å². The smallest absolute Gasteiger partial charge is 0.282 e. The summed E-state index contributed by atoms with van der Waals surface area (Å²) in [5.41, 5.74) is 3.10. The summed E-state index contributed by atoms with van der Waals surface area (Å²) in [7, 11) is -3.15. The number of rotatable bonds is 10. The molecule has 246 valence electrons. The summed E-state index contributed by atoms with van der Waals surface area (Å²) in [6.07, 6.45) is 0.738. The minimum atomic E-state index is -3.15. The molecule has 0 radical (unpaired) electrons. The number of halogens is 2. The van der Waals surface area contributed by atoms with E-state index >= 15 is 8.78 Å². The molecule has 5 aromatic rings. The molecule has 3 aromatic carbocycles. The second-order valence-electron chi connectivity index (χ2n) is 13.9. The predicted molar refractivity (Wildman–Crippen MR) is 188 cm³/mol. The van der Waals surface area contributed by atoms with E-state index < -0.39 is 38.5 Å². The highest BCUT2D eigenvalue weighted by Gasteiger charge is 2.52. The van der Waals surface area contributed by atoms with Gasteiger partial charge in [-0.2, -0.15) is 0 Å². The van der Waals surface area contributed by atoms with Crippen LogP contribution >= 0.6 is 11.3 Å². The first-order chi connectivity index (χ1) is 22.6. The largest absolute Gasteiger partial charge is 0.471 e. The highest BCUT2D eigenvalue weighted by Crippen LogP contribution is 2.44. The lowest BCUT2D eigenvalue weighted by molar-refractivity contribution is -0.0821. The van der Waals surface area contributed by atoms with Crippen molar-refractivity contribution >= 4 is 40.9 Å². The van der Waals surface area contributed by atoms with Crippen molar-refractivity contribution < 1.29 is 17.9 Å². The monoisotopic (exact) mass is 672 g/mol. The zero-order valence-electron chi connectivity index (χ0n) is 27.3. The number of alkyl halides is 2. The van der Waals surface area contributed by atoms with Gasteiger partial charge in [0.1, 0.15) is 17.2 Å². The van der Waals surface area contributed by atoms with Crippen molar-refractivity contribution in [2.75, 3.05) is 26.2 Å². The first-order valence-corrected chi connectivity index (χ1v) is 19.2. The Morgan fingerprint density at radius 2 is 1.57 bits per heavy atom. The summed E-state index contributed by atoms with van der Waals surface area (Å²) >= 11 is 1.47. The van der Waals surface area contributed by atoms with Crippen LogP contribution in [0.15, 0.2) is 90.3 Å². The Morgan fingerprint density at radius 3 is 2.19 bits per heavy atom. The van der Waals surface area contributed by atoms with Crippen LogP contribution in [0.5, 0.6) is 5.88 Å². The molecular weight excluding hydrogens is 631 g/mol. The van der Waals surface area contributed by atoms with Gasteiger partial charge in [-0.05, 0) is 40.4 Å². The number of hydrogen-bond acceptors (Lipinski definition) is 6. The minimum absolute atomic E-state index is 0.0814. The van der Waals surface area contributed by atoms with E-state index in [0.717, 1.165) is 45.1 Å². The number of fused-ring (bicyclic) bond motifs is 3. The molecule has 0 saturated carbocycles. The Hall–Kier alpha value is -3.41. The number of para-hydroxylation sites is 1. The predicted octanol–water partition coefficient (Wildman–Crippen LogP) is 6.52. The van der Waals surface area contributed by atoms with Crippen molar-refractivity contribution in [2.24, 2.45) is 0 Å². The van der Waals surface area contributed by atoms with Crippen LogP contribution in [0.25, 0.3) is 10.9 Å². The van der Waals surface area contributed by atoms with E-state index in [2.05, 4.69) is 37.1 Å². The lowest BCUT2D eigenvalue weighted by Crippen LogP contribution is -2.67. The van der Waals surface area contributed by atoms with Gasteiger partial charge >= 0.3 is 0 Å². The molecule has 2 aliphatic rings. The maximum Gasteiger partial charge on any atom is 0.282 e. The molecule has 0 spiro atoms. The molecule has 47 heavy (non-hydrogen) atoms. The summed E-state index contributed by atoms with van der Waals surface area (Å²) in [5.74, 6) is -2.59. The van der Waals surface area contributed by atoms with Crippen molar-refractivity contribution in [3.63, 3.8) is 0 Å². The van der Waals surface area contributed by atoms with Crippen molar-refractivity contribution in [3.05, 3.63) is 107 Å². The lowest BCUT2D eigenvalue weighted by atomic mass is 9.92. The maximum absolute atomic E-state index is 16.6. The number of thiazole rings is 1. The fourth-order valence-electron chi connectivity index (χ4n) is 7.28. The zero-order valence-corrected chi connectivity index (χ0v) is 29.1. The van der Waals surface area contributed by atoms with Crippen LogP contribution < -0.4 is 20.4 Å². The van der Waals surface area contributed by atoms with Gasteiger partial charge in [0.15, 0.2) is 0 Å². The van der Waals surface area contributed by atoms with E-state index in [1.165, 1.54) is 16.9 Å². The first-order valence-electron chi connectivity index (χ1n) is 16.4. The van der Waals surface area contributed by atoms with Gasteiger partial charge in [-0.25, -0.2) is 13.8 Å².